The summed E-state index contributed by atoms with van der Waals surface area (Å²) >= 11 is 0. The number of aromatic amines is 1. The van der Waals surface area contributed by atoms with Crippen LogP contribution in [0.5, 0.6) is 0 Å². The van der Waals surface area contributed by atoms with E-state index in [9.17, 15) is 28.5 Å². The molecule has 1 aromatic heterocycles. The maximum atomic E-state index is 14.9. The molecule has 2 aliphatic rings. The molecule has 3 aromatic carbocycles. The Bertz CT molecular complexity index is 2210. The van der Waals surface area contributed by atoms with Gasteiger partial charge in [-0.3, -0.25) is 28.7 Å². The first kappa shape index (κ1) is 42.6. The minimum Gasteiger partial charge on any atom is -0.467 e. The molecular formula is C43H53N4O10P. The smallest absolute Gasteiger partial charge is 0.411 e. The third-order valence-corrected chi connectivity index (χ3v) is 13.4. The Morgan fingerprint density at radius 3 is 2.16 bits per heavy atom. The van der Waals surface area contributed by atoms with Gasteiger partial charge in [-0.1, -0.05) is 56.3 Å². The molecule has 15 heteroatoms. The van der Waals surface area contributed by atoms with Crippen molar-refractivity contribution < 1.29 is 47.1 Å². The van der Waals surface area contributed by atoms with E-state index in [0.29, 0.717) is 22.9 Å². The second-order valence-electron chi connectivity index (χ2n) is 16.4. The molecule has 2 N–H and O–H groups in total. The second kappa shape index (κ2) is 17.1. The first-order valence-electron chi connectivity index (χ1n) is 19.6. The molecule has 5 atom stereocenters. The van der Waals surface area contributed by atoms with E-state index in [0.717, 1.165) is 26.8 Å². The Morgan fingerprint density at radius 2 is 1.57 bits per heavy atom. The molecule has 0 unspecified atom stereocenters. The van der Waals surface area contributed by atoms with Crippen LogP contribution >= 0.6 is 7.60 Å². The number of carbonyl (C=O) groups is 5. The number of fused-ring (bicyclic) bond motifs is 1. The zero-order valence-corrected chi connectivity index (χ0v) is 35.2. The highest BCUT2D eigenvalue weighted by atomic mass is 31.2. The maximum absolute atomic E-state index is 14.9. The van der Waals surface area contributed by atoms with Crippen LogP contribution in [-0.2, 0) is 39.1 Å². The van der Waals surface area contributed by atoms with Gasteiger partial charge in [0, 0.05) is 60.8 Å². The summed E-state index contributed by atoms with van der Waals surface area (Å²) in [6.07, 6.45) is 1.57. The van der Waals surface area contributed by atoms with Crippen LogP contribution in [0.2, 0.25) is 0 Å². The molecule has 2 aliphatic heterocycles. The summed E-state index contributed by atoms with van der Waals surface area (Å²) in [5.41, 5.74) is 1.36. The SMILES string of the molecule is COC(=O)[C@H](Cc1c[nH]c2ccccc12)NC(=O)[C@H]1C[C@H](CC(C)C)[C@@H](CCN2C(=O)c3cccc4cccc(c34)C2=O)[C@@H](P(=O)(OC)OC)N1C(=O)OC(C)(C)C. The number of nitrogens with zero attached hydrogens (tertiary/aromatic N) is 2. The van der Waals surface area contributed by atoms with E-state index in [2.05, 4.69) is 10.3 Å². The summed E-state index contributed by atoms with van der Waals surface area (Å²) < 4.78 is 37.3. The van der Waals surface area contributed by atoms with Crippen molar-refractivity contribution in [3.05, 3.63) is 83.6 Å². The number of ether oxygens (including phenoxy) is 2. The summed E-state index contributed by atoms with van der Waals surface area (Å²) in [7, 11) is -0.662. The Kier molecular flexibility index (Phi) is 12.5. The number of amides is 4. The predicted molar refractivity (Wildman–Crippen MR) is 218 cm³/mol. The quantitative estimate of drug-likeness (QED) is 0.0792. The van der Waals surface area contributed by atoms with Gasteiger partial charge in [0.05, 0.1) is 7.11 Å². The molecule has 0 radical (unpaired) electrons. The molecule has 1 fully saturated rings. The third-order valence-electron chi connectivity index (χ3n) is 11.1. The Morgan fingerprint density at radius 1 is 0.931 bits per heavy atom. The Balaban J connectivity index is 1.40. The molecule has 14 nitrogen and oxygen atoms in total. The second-order valence-corrected chi connectivity index (χ2v) is 18.8. The van der Waals surface area contributed by atoms with E-state index in [-0.39, 0.29) is 31.7 Å². The lowest BCUT2D eigenvalue weighted by atomic mass is 9.75. The van der Waals surface area contributed by atoms with Gasteiger partial charge in [-0.2, -0.15) is 0 Å². The van der Waals surface area contributed by atoms with Gasteiger partial charge in [0.1, 0.15) is 23.5 Å². The number of imide groups is 1. The van der Waals surface area contributed by atoms with E-state index in [1.165, 1.54) is 26.2 Å². The monoisotopic (exact) mass is 816 g/mol. The highest BCUT2D eigenvalue weighted by Gasteiger charge is 2.57. The van der Waals surface area contributed by atoms with Crippen molar-refractivity contribution in [2.75, 3.05) is 27.9 Å². The number of esters is 1. The fourth-order valence-corrected chi connectivity index (χ4v) is 10.6. The molecule has 0 aliphatic carbocycles. The van der Waals surface area contributed by atoms with Crippen molar-refractivity contribution in [1.29, 1.82) is 0 Å². The number of para-hydroxylation sites is 1. The zero-order valence-electron chi connectivity index (χ0n) is 34.3. The maximum Gasteiger partial charge on any atom is 0.411 e. The number of likely N-dealkylation sites (tertiary alicyclic amines) is 1. The summed E-state index contributed by atoms with van der Waals surface area (Å²) in [5.74, 6) is -4.77. The zero-order chi connectivity index (χ0) is 42.1. The van der Waals surface area contributed by atoms with Crippen molar-refractivity contribution in [3.63, 3.8) is 0 Å². The van der Waals surface area contributed by atoms with Gasteiger partial charge < -0.3 is 28.8 Å². The van der Waals surface area contributed by atoms with E-state index >= 15 is 0 Å². The number of piperidine rings is 1. The van der Waals surface area contributed by atoms with Gasteiger partial charge in [0.25, 0.3) is 11.8 Å². The molecule has 4 aromatic rings. The molecule has 0 bridgehead atoms. The van der Waals surface area contributed by atoms with Gasteiger partial charge in [0.15, 0.2) is 0 Å². The van der Waals surface area contributed by atoms with Gasteiger partial charge in [-0.05, 0) is 86.9 Å². The van der Waals surface area contributed by atoms with Crippen molar-refractivity contribution in [2.24, 2.45) is 17.8 Å². The fraction of sp³-hybridized carbons (Fsp3) is 0.465. The van der Waals surface area contributed by atoms with Crippen LogP contribution < -0.4 is 5.32 Å². The van der Waals surface area contributed by atoms with Gasteiger partial charge >= 0.3 is 19.7 Å². The number of H-pyrrole nitrogens is 1. The van der Waals surface area contributed by atoms with E-state index in [4.69, 9.17) is 18.5 Å². The van der Waals surface area contributed by atoms with Crippen molar-refractivity contribution in [1.82, 2.24) is 20.1 Å². The summed E-state index contributed by atoms with van der Waals surface area (Å²) in [6, 6.07) is 15.7. The van der Waals surface area contributed by atoms with Crippen LogP contribution in [0.25, 0.3) is 21.7 Å². The Hall–Kier alpha value is -5.04. The molecular weight excluding hydrogens is 763 g/mol. The van der Waals surface area contributed by atoms with Crippen molar-refractivity contribution >= 4 is 59.1 Å². The molecule has 58 heavy (non-hydrogen) atoms. The first-order valence-corrected chi connectivity index (χ1v) is 21.2. The topological polar surface area (TPSA) is 174 Å². The number of benzene rings is 3. The normalized spacial score (nSPS) is 20.4. The first-order chi connectivity index (χ1) is 27.5. The number of rotatable bonds is 13. The van der Waals surface area contributed by atoms with E-state index in [1.807, 2.05) is 50.2 Å². The highest BCUT2D eigenvalue weighted by Crippen LogP contribution is 2.60. The summed E-state index contributed by atoms with van der Waals surface area (Å²) in [6.45, 7) is 8.95. The number of methoxy groups -OCH3 is 1. The fourth-order valence-electron chi connectivity index (χ4n) is 8.62. The standard InChI is InChI=1S/C43H53N4O10P/c1-25(2)21-27-23-35(37(48)45-34(41(51)54-6)22-28-24-44-33-18-10-9-15-29(28)33)47(42(52)57-43(3,4)5)40(58(53,55-7)56-8)30(27)19-20-46-38(49)31-16-11-13-26-14-12-17-32(36(26)31)39(46)50/h9-18,24-25,27,30,34-35,40,44H,19-23H2,1-8H3,(H,45,48)/t27-,30+,34-,35+,40+/m0/s1. The molecule has 0 spiro atoms. The van der Waals surface area contributed by atoms with Gasteiger partial charge in [0.2, 0.25) is 5.91 Å². The number of hydrogen-bond acceptors (Lipinski definition) is 10. The number of aromatic nitrogens is 1. The number of hydrogen-bond donors (Lipinski definition) is 2. The van der Waals surface area contributed by atoms with Crippen molar-refractivity contribution in [2.45, 2.75) is 83.8 Å². The summed E-state index contributed by atoms with van der Waals surface area (Å²) in [4.78, 5) is 76.1. The van der Waals surface area contributed by atoms with E-state index < -0.39 is 72.7 Å². The van der Waals surface area contributed by atoms with E-state index in [1.54, 1.807) is 51.2 Å². The van der Waals surface area contributed by atoms with Crippen LogP contribution in [0.15, 0.2) is 66.9 Å². The lowest BCUT2D eigenvalue weighted by molar-refractivity contribution is -0.146. The molecule has 3 heterocycles. The minimum atomic E-state index is -4.31. The number of carbonyl (C=O) groups excluding carboxylic acids is 5. The predicted octanol–water partition coefficient (Wildman–Crippen LogP) is 7.31. The van der Waals surface area contributed by atoms with Crippen molar-refractivity contribution in [3.8, 4) is 0 Å². The van der Waals surface area contributed by atoms with Crippen LogP contribution in [0.3, 0.4) is 0 Å². The largest absolute Gasteiger partial charge is 0.467 e. The third kappa shape index (κ3) is 8.41. The lowest BCUT2D eigenvalue weighted by Crippen LogP contribution is -2.63. The highest BCUT2D eigenvalue weighted by molar-refractivity contribution is 7.54. The van der Waals surface area contributed by atoms with Gasteiger partial charge in [-0.15, -0.1) is 0 Å². The van der Waals surface area contributed by atoms with Crippen LogP contribution in [-0.4, -0.2) is 95.9 Å². The van der Waals surface area contributed by atoms with Gasteiger partial charge in [-0.25, -0.2) is 9.59 Å². The molecule has 6 rings (SSSR count). The number of nitrogens with one attached hydrogen (secondary N) is 2. The molecule has 310 valence electrons. The Labute approximate surface area is 338 Å². The molecule has 0 saturated carbocycles. The molecule has 4 amide bonds. The van der Waals surface area contributed by atoms with Crippen LogP contribution in [0, 0.1) is 17.8 Å². The summed E-state index contributed by atoms with van der Waals surface area (Å²) in [5, 5.41) is 5.08. The lowest BCUT2D eigenvalue weighted by Gasteiger charge is -2.50. The average molecular weight is 817 g/mol. The molecule has 1 saturated heterocycles. The average Bonchev–Trinajstić information content (AvgIpc) is 3.60. The van der Waals surface area contributed by atoms with Crippen LogP contribution in [0.4, 0.5) is 4.79 Å². The minimum absolute atomic E-state index is 0.0711. The van der Waals surface area contributed by atoms with Crippen LogP contribution in [0.1, 0.15) is 80.2 Å².